The van der Waals surface area contributed by atoms with Crippen LogP contribution in [0.1, 0.15) is 46.0 Å². The van der Waals surface area contributed by atoms with E-state index in [-0.39, 0.29) is 23.7 Å². The van der Waals surface area contributed by atoms with Gasteiger partial charge in [0, 0.05) is 37.4 Å². The summed E-state index contributed by atoms with van der Waals surface area (Å²) in [5.74, 6) is -0.562. The molecule has 2 atom stereocenters. The minimum absolute atomic E-state index is 0.0460. The maximum Gasteiger partial charge on any atom is 0.290 e. The van der Waals surface area contributed by atoms with Crippen molar-refractivity contribution in [3.63, 3.8) is 0 Å². The molecule has 1 aromatic rings. The Kier molecular flexibility index (Phi) is 5.53. The van der Waals surface area contributed by atoms with Crippen LogP contribution in [0.5, 0.6) is 0 Å². The average molecular weight is 291 g/mol. The van der Waals surface area contributed by atoms with Crippen molar-refractivity contribution < 1.29 is 9.59 Å². The number of nitrogens with zero attached hydrogens (tertiary/aromatic N) is 3. The molecule has 1 fully saturated rings. The molecule has 0 aliphatic carbocycles. The van der Waals surface area contributed by atoms with Crippen molar-refractivity contribution in [2.24, 2.45) is 5.92 Å². The smallest absolute Gasteiger partial charge is 0.290 e. The van der Waals surface area contributed by atoms with E-state index in [1.807, 2.05) is 17.7 Å². The number of amides is 1. The van der Waals surface area contributed by atoms with Crippen LogP contribution in [0.15, 0.2) is 18.7 Å². The molecule has 2 unspecified atom stereocenters. The topological polar surface area (TPSA) is 55.2 Å². The van der Waals surface area contributed by atoms with E-state index in [2.05, 4.69) is 11.9 Å². The highest BCUT2D eigenvalue weighted by Gasteiger charge is 2.43. The lowest BCUT2D eigenvalue weighted by molar-refractivity contribution is -0.141. The van der Waals surface area contributed by atoms with Gasteiger partial charge in [0.05, 0.1) is 6.33 Å². The zero-order chi connectivity index (χ0) is 15.2. The Morgan fingerprint density at radius 2 is 2.00 bits per heavy atom. The summed E-state index contributed by atoms with van der Waals surface area (Å²) < 4.78 is 1.99. The predicted molar refractivity (Wildman–Crippen MR) is 80.7 cm³/mol. The van der Waals surface area contributed by atoms with Crippen LogP contribution in [0.4, 0.5) is 0 Å². The number of carbonyl (C=O) groups excluding carboxylic acids is 2. The van der Waals surface area contributed by atoms with Crippen LogP contribution >= 0.6 is 0 Å². The molecule has 0 spiro atoms. The Morgan fingerprint density at radius 1 is 1.19 bits per heavy atom. The van der Waals surface area contributed by atoms with E-state index in [0.29, 0.717) is 6.54 Å². The average Bonchev–Trinajstić information content (AvgIpc) is 3.05. The zero-order valence-electron chi connectivity index (χ0n) is 13.0. The lowest BCUT2D eigenvalue weighted by Crippen LogP contribution is -2.34. The van der Waals surface area contributed by atoms with Crippen molar-refractivity contribution in [1.29, 1.82) is 0 Å². The summed E-state index contributed by atoms with van der Waals surface area (Å²) in [6.45, 7) is 5.63. The number of aryl methyl sites for hydroxylation is 1. The molecule has 5 nitrogen and oxygen atoms in total. The van der Waals surface area contributed by atoms with Gasteiger partial charge < -0.3 is 9.47 Å². The summed E-state index contributed by atoms with van der Waals surface area (Å²) >= 11 is 0. The zero-order valence-corrected chi connectivity index (χ0v) is 13.0. The normalized spacial score (nSPS) is 22.3. The molecule has 0 saturated carbocycles. The number of Topliss-reactive ketones (excluding diaryl/α,β-unsaturated/α-hetero) is 1. The van der Waals surface area contributed by atoms with Gasteiger partial charge in [0.25, 0.3) is 5.91 Å². The standard InChI is InChI=1S/C16H25N3O2/c1-3-4-5-7-14-13(2)19(16(21)15(14)20)10-6-9-18-11-8-17-12-18/h8,11-14H,3-7,9-10H2,1-2H3. The van der Waals surface area contributed by atoms with E-state index in [1.165, 1.54) is 0 Å². The number of unbranched alkanes of at least 4 members (excludes halogenated alkanes) is 2. The molecular weight excluding hydrogens is 266 g/mol. The van der Waals surface area contributed by atoms with Crippen LogP contribution in [-0.4, -0.2) is 38.7 Å². The first-order chi connectivity index (χ1) is 10.1. The summed E-state index contributed by atoms with van der Waals surface area (Å²) in [6, 6.07) is 0.0460. The summed E-state index contributed by atoms with van der Waals surface area (Å²) in [7, 11) is 0. The molecule has 1 aliphatic heterocycles. The lowest BCUT2D eigenvalue weighted by Gasteiger charge is -2.23. The summed E-state index contributed by atoms with van der Waals surface area (Å²) in [5.41, 5.74) is 0. The molecule has 1 amide bonds. The Labute approximate surface area is 126 Å². The third kappa shape index (κ3) is 3.71. The van der Waals surface area contributed by atoms with E-state index in [1.54, 1.807) is 17.4 Å². The second-order valence-electron chi connectivity index (χ2n) is 5.86. The number of imidazole rings is 1. The number of likely N-dealkylation sites (tertiary alicyclic amines) is 1. The first-order valence-electron chi connectivity index (χ1n) is 7.95. The molecule has 1 aliphatic rings. The third-order valence-electron chi connectivity index (χ3n) is 4.38. The highest BCUT2D eigenvalue weighted by molar-refractivity contribution is 6.39. The maximum absolute atomic E-state index is 12.1. The maximum atomic E-state index is 12.1. The van der Waals surface area contributed by atoms with E-state index < -0.39 is 0 Å². The van der Waals surface area contributed by atoms with Gasteiger partial charge in [0.2, 0.25) is 5.78 Å². The first kappa shape index (κ1) is 15.7. The van der Waals surface area contributed by atoms with Gasteiger partial charge in [-0.15, -0.1) is 0 Å². The monoisotopic (exact) mass is 291 g/mol. The van der Waals surface area contributed by atoms with Gasteiger partial charge in [-0.05, 0) is 19.8 Å². The fourth-order valence-electron chi connectivity index (χ4n) is 3.06. The Morgan fingerprint density at radius 3 is 2.67 bits per heavy atom. The minimum Gasteiger partial charge on any atom is -0.337 e. The lowest BCUT2D eigenvalue weighted by atomic mass is 9.94. The van der Waals surface area contributed by atoms with E-state index in [0.717, 1.165) is 38.6 Å². The van der Waals surface area contributed by atoms with Crippen LogP contribution in [0, 0.1) is 5.92 Å². The highest BCUT2D eigenvalue weighted by Crippen LogP contribution is 2.27. The number of hydrogen-bond donors (Lipinski definition) is 0. The molecule has 1 aromatic heterocycles. The number of ketones is 1. The summed E-state index contributed by atoms with van der Waals surface area (Å²) in [5, 5.41) is 0. The second-order valence-corrected chi connectivity index (χ2v) is 5.86. The van der Waals surface area contributed by atoms with Gasteiger partial charge in [-0.2, -0.15) is 0 Å². The van der Waals surface area contributed by atoms with Gasteiger partial charge in [-0.3, -0.25) is 9.59 Å². The van der Waals surface area contributed by atoms with Gasteiger partial charge in [-0.25, -0.2) is 4.98 Å². The van der Waals surface area contributed by atoms with Crippen molar-refractivity contribution in [3.8, 4) is 0 Å². The molecule has 0 radical (unpaired) electrons. The van der Waals surface area contributed by atoms with E-state index in [4.69, 9.17) is 0 Å². The van der Waals surface area contributed by atoms with Crippen LogP contribution < -0.4 is 0 Å². The van der Waals surface area contributed by atoms with Crippen LogP contribution in [0.2, 0.25) is 0 Å². The molecule has 2 rings (SSSR count). The van der Waals surface area contributed by atoms with E-state index in [9.17, 15) is 9.59 Å². The minimum atomic E-state index is -0.283. The third-order valence-corrected chi connectivity index (χ3v) is 4.38. The summed E-state index contributed by atoms with van der Waals surface area (Å²) in [6.07, 6.45) is 10.4. The van der Waals surface area contributed by atoms with E-state index >= 15 is 0 Å². The molecule has 5 heteroatoms. The van der Waals surface area contributed by atoms with Gasteiger partial charge in [-0.1, -0.05) is 26.2 Å². The quantitative estimate of drug-likeness (QED) is 0.545. The molecule has 116 valence electrons. The molecule has 21 heavy (non-hydrogen) atoms. The fraction of sp³-hybridized carbons (Fsp3) is 0.688. The highest BCUT2D eigenvalue weighted by atomic mass is 16.2. The second kappa shape index (κ2) is 7.38. The van der Waals surface area contributed by atoms with Crippen LogP contribution in [-0.2, 0) is 16.1 Å². The number of hydrogen-bond acceptors (Lipinski definition) is 3. The van der Waals surface area contributed by atoms with Crippen molar-refractivity contribution in [3.05, 3.63) is 18.7 Å². The Balaban J connectivity index is 1.84. The summed E-state index contributed by atoms with van der Waals surface area (Å²) in [4.78, 5) is 30.0. The van der Waals surface area contributed by atoms with Gasteiger partial charge >= 0.3 is 0 Å². The molecule has 1 saturated heterocycles. The SMILES string of the molecule is CCCCCC1C(=O)C(=O)N(CCCn2ccnc2)C1C. The predicted octanol–water partition coefficient (Wildman–Crippen LogP) is 2.27. The van der Waals surface area contributed by atoms with Crippen LogP contribution in [0.3, 0.4) is 0 Å². The van der Waals surface area contributed by atoms with Gasteiger partial charge in [0.1, 0.15) is 0 Å². The van der Waals surface area contributed by atoms with Crippen LogP contribution in [0.25, 0.3) is 0 Å². The van der Waals surface area contributed by atoms with Crippen molar-refractivity contribution >= 4 is 11.7 Å². The molecular formula is C16H25N3O2. The Bertz CT molecular complexity index is 470. The first-order valence-corrected chi connectivity index (χ1v) is 7.95. The number of aromatic nitrogens is 2. The molecule has 0 bridgehead atoms. The molecule has 0 aromatic carbocycles. The molecule has 0 N–H and O–H groups in total. The largest absolute Gasteiger partial charge is 0.337 e. The van der Waals surface area contributed by atoms with Crippen molar-refractivity contribution in [1.82, 2.24) is 14.5 Å². The van der Waals surface area contributed by atoms with Gasteiger partial charge in [0.15, 0.2) is 0 Å². The number of rotatable bonds is 8. The molecule has 2 heterocycles. The van der Waals surface area contributed by atoms with Crippen molar-refractivity contribution in [2.45, 2.75) is 58.5 Å². The fourth-order valence-corrected chi connectivity index (χ4v) is 3.06. The van der Waals surface area contributed by atoms with Crippen molar-refractivity contribution in [2.75, 3.05) is 6.54 Å². The number of carbonyl (C=O) groups is 2. The Hall–Kier alpha value is -1.65.